The molecule has 3 heteroatoms. The van der Waals surface area contributed by atoms with E-state index < -0.39 is 0 Å². The molecule has 0 heterocycles. The predicted molar refractivity (Wildman–Crippen MR) is 66.7 cm³/mol. The van der Waals surface area contributed by atoms with Crippen molar-refractivity contribution >= 4 is 12.4 Å². The Kier molecular flexibility index (Phi) is 5.12. The van der Waals surface area contributed by atoms with Gasteiger partial charge < -0.3 is 10.5 Å². The predicted octanol–water partition coefficient (Wildman–Crippen LogP) is 3.31. The highest BCUT2D eigenvalue weighted by Crippen LogP contribution is 2.20. The van der Waals surface area contributed by atoms with E-state index in [2.05, 4.69) is 0 Å². The SMILES string of the molecule is C[C@H](N)c1ccc(OC(C)(C)C)cc1.Cl. The van der Waals surface area contributed by atoms with E-state index >= 15 is 0 Å². The molecule has 1 aromatic rings. The summed E-state index contributed by atoms with van der Waals surface area (Å²) in [5.74, 6) is 0.891. The Balaban J connectivity index is 0.00000196. The van der Waals surface area contributed by atoms with Crippen LogP contribution in [0.25, 0.3) is 0 Å². The maximum Gasteiger partial charge on any atom is 0.120 e. The maximum absolute atomic E-state index is 5.75. The second-order valence-electron chi connectivity index (χ2n) is 4.57. The number of hydrogen-bond donors (Lipinski definition) is 1. The van der Waals surface area contributed by atoms with E-state index in [1.165, 1.54) is 0 Å². The summed E-state index contributed by atoms with van der Waals surface area (Å²) >= 11 is 0. The minimum absolute atomic E-state index is 0. The molecule has 1 rings (SSSR count). The summed E-state index contributed by atoms with van der Waals surface area (Å²) in [6.45, 7) is 8.07. The Hall–Kier alpha value is -0.730. The molecular weight excluding hydrogens is 210 g/mol. The zero-order valence-corrected chi connectivity index (χ0v) is 10.6. The topological polar surface area (TPSA) is 35.2 Å². The summed E-state index contributed by atoms with van der Waals surface area (Å²) in [6, 6.07) is 8.02. The van der Waals surface area contributed by atoms with E-state index in [-0.39, 0.29) is 24.0 Å². The Labute approximate surface area is 98.2 Å². The van der Waals surface area contributed by atoms with Gasteiger partial charge in [-0.15, -0.1) is 12.4 Å². The van der Waals surface area contributed by atoms with Crippen LogP contribution in [-0.2, 0) is 0 Å². The van der Waals surface area contributed by atoms with Crippen molar-refractivity contribution in [2.24, 2.45) is 5.73 Å². The third kappa shape index (κ3) is 5.05. The lowest BCUT2D eigenvalue weighted by Crippen LogP contribution is -2.22. The molecule has 0 aliphatic rings. The lowest BCUT2D eigenvalue weighted by Gasteiger charge is -2.21. The van der Waals surface area contributed by atoms with Crippen LogP contribution < -0.4 is 10.5 Å². The van der Waals surface area contributed by atoms with Crippen LogP contribution in [0.15, 0.2) is 24.3 Å². The second-order valence-corrected chi connectivity index (χ2v) is 4.57. The lowest BCUT2D eigenvalue weighted by atomic mass is 10.1. The Morgan fingerprint density at radius 2 is 1.60 bits per heavy atom. The summed E-state index contributed by atoms with van der Waals surface area (Å²) in [7, 11) is 0. The molecule has 2 N–H and O–H groups in total. The van der Waals surface area contributed by atoms with Crippen molar-refractivity contribution in [1.82, 2.24) is 0 Å². The third-order valence-corrected chi connectivity index (χ3v) is 1.83. The molecular formula is C12H20ClNO. The number of ether oxygens (including phenoxy) is 1. The molecule has 1 atom stereocenters. The van der Waals surface area contributed by atoms with Crippen molar-refractivity contribution in [3.8, 4) is 5.75 Å². The Morgan fingerprint density at radius 1 is 1.13 bits per heavy atom. The first-order chi connectivity index (χ1) is 6.38. The Bertz CT molecular complexity index is 287. The van der Waals surface area contributed by atoms with Crippen molar-refractivity contribution in [2.45, 2.75) is 39.3 Å². The fourth-order valence-corrected chi connectivity index (χ4v) is 1.19. The third-order valence-electron chi connectivity index (χ3n) is 1.83. The minimum atomic E-state index is -0.143. The van der Waals surface area contributed by atoms with E-state index in [1.54, 1.807) is 0 Å². The number of benzene rings is 1. The number of hydrogen-bond acceptors (Lipinski definition) is 2. The first-order valence-electron chi connectivity index (χ1n) is 4.93. The van der Waals surface area contributed by atoms with Crippen LogP contribution in [0.3, 0.4) is 0 Å². The zero-order chi connectivity index (χ0) is 10.8. The molecule has 0 spiro atoms. The molecule has 0 amide bonds. The molecule has 0 aromatic heterocycles. The highest BCUT2D eigenvalue weighted by molar-refractivity contribution is 5.85. The van der Waals surface area contributed by atoms with Crippen LogP contribution in [0.1, 0.15) is 39.3 Å². The average molecular weight is 230 g/mol. The first kappa shape index (κ1) is 14.3. The van der Waals surface area contributed by atoms with Crippen molar-refractivity contribution < 1.29 is 4.74 Å². The first-order valence-corrected chi connectivity index (χ1v) is 4.93. The van der Waals surface area contributed by atoms with Crippen molar-refractivity contribution in [3.63, 3.8) is 0 Å². The summed E-state index contributed by atoms with van der Waals surface area (Å²) in [4.78, 5) is 0. The number of nitrogens with two attached hydrogens (primary N) is 1. The number of rotatable bonds is 2. The van der Waals surface area contributed by atoms with E-state index in [4.69, 9.17) is 10.5 Å². The fraction of sp³-hybridized carbons (Fsp3) is 0.500. The van der Waals surface area contributed by atoms with Gasteiger partial charge in [0.15, 0.2) is 0 Å². The van der Waals surface area contributed by atoms with Crippen LogP contribution >= 0.6 is 12.4 Å². The van der Waals surface area contributed by atoms with Gasteiger partial charge in [0.25, 0.3) is 0 Å². The minimum Gasteiger partial charge on any atom is -0.488 e. The van der Waals surface area contributed by atoms with Crippen molar-refractivity contribution in [1.29, 1.82) is 0 Å². The van der Waals surface area contributed by atoms with Gasteiger partial charge in [0.2, 0.25) is 0 Å². The van der Waals surface area contributed by atoms with Gasteiger partial charge in [0.1, 0.15) is 11.4 Å². The molecule has 0 aliphatic carbocycles. The molecule has 15 heavy (non-hydrogen) atoms. The zero-order valence-electron chi connectivity index (χ0n) is 9.78. The molecule has 2 nitrogen and oxygen atoms in total. The second kappa shape index (κ2) is 5.38. The largest absolute Gasteiger partial charge is 0.488 e. The van der Waals surface area contributed by atoms with Crippen LogP contribution in [-0.4, -0.2) is 5.60 Å². The van der Waals surface area contributed by atoms with Crippen LogP contribution in [0.5, 0.6) is 5.75 Å². The van der Waals surface area contributed by atoms with Gasteiger partial charge >= 0.3 is 0 Å². The van der Waals surface area contributed by atoms with Crippen LogP contribution in [0.4, 0.5) is 0 Å². The smallest absolute Gasteiger partial charge is 0.120 e. The van der Waals surface area contributed by atoms with E-state index in [9.17, 15) is 0 Å². The molecule has 0 saturated heterocycles. The summed E-state index contributed by atoms with van der Waals surface area (Å²) < 4.78 is 5.70. The maximum atomic E-state index is 5.75. The Morgan fingerprint density at radius 3 is 1.93 bits per heavy atom. The van der Waals surface area contributed by atoms with Crippen LogP contribution in [0.2, 0.25) is 0 Å². The summed E-state index contributed by atoms with van der Waals surface area (Å²) in [5.41, 5.74) is 6.74. The van der Waals surface area contributed by atoms with Gasteiger partial charge in [-0.2, -0.15) is 0 Å². The highest BCUT2D eigenvalue weighted by atomic mass is 35.5. The molecule has 0 unspecified atom stereocenters. The molecule has 0 fully saturated rings. The van der Waals surface area contributed by atoms with Gasteiger partial charge in [-0.05, 0) is 45.4 Å². The van der Waals surface area contributed by atoms with Gasteiger partial charge in [-0.1, -0.05) is 12.1 Å². The standard InChI is InChI=1S/C12H19NO.ClH/c1-9(13)10-5-7-11(8-6-10)14-12(2,3)4;/h5-9H,13H2,1-4H3;1H/t9-;/m0./s1. The molecule has 1 aromatic carbocycles. The lowest BCUT2D eigenvalue weighted by molar-refractivity contribution is 0.131. The van der Waals surface area contributed by atoms with Gasteiger partial charge in [-0.25, -0.2) is 0 Å². The quantitative estimate of drug-likeness (QED) is 0.845. The van der Waals surface area contributed by atoms with Gasteiger partial charge in [0.05, 0.1) is 0 Å². The van der Waals surface area contributed by atoms with Crippen LogP contribution in [0, 0.1) is 0 Å². The monoisotopic (exact) mass is 229 g/mol. The summed E-state index contributed by atoms with van der Waals surface area (Å²) in [6.07, 6.45) is 0. The van der Waals surface area contributed by atoms with E-state index in [1.807, 2.05) is 52.0 Å². The fourth-order valence-electron chi connectivity index (χ4n) is 1.19. The molecule has 0 aliphatic heterocycles. The van der Waals surface area contributed by atoms with E-state index in [0.717, 1.165) is 11.3 Å². The molecule has 86 valence electrons. The average Bonchev–Trinajstić information content (AvgIpc) is 2.02. The highest BCUT2D eigenvalue weighted by Gasteiger charge is 2.11. The number of halogens is 1. The van der Waals surface area contributed by atoms with Crippen molar-refractivity contribution in [2.75, 3.05) is 0 Å². The van der Waals surface area contributed by atoms with Gasteiger partial charge in [0, 0.05) is 6.04 Å². The normalized spacial score (nSPS) is 12.9. The van der Waals surface area contributed by atoms with E-state index in [0.29, 0.717) is 0 Å². The van der Waals surface area contributed by atoms with Gasteiger partial charge in [-0.3, -0.25) is 0 Å². The molecule has 0 saturated carbocycles. The molecule has 0 bridgehead atoms. The van der Waals surface area contributed by atoms with Crippen molar-refractivity contribution in [3.05, 3.63) is 29.8 Å². The molecule has 0 radical (unpaired) electrons. The summed E-state index contributed by atoms with van der Waals surface area (Å²) in [5, 5.41) is 0.